The van der Waals surface area contributed by atoms with Crippen LogP contribution in [0.1, 0.15) is 38.2 Å². The third kappa shape index (κ3) is 2.38. The van der Waals surface area contributed by atoms with Crippen molar-refractivity contribution in [2.75, 3.05) is 13.7 Å². The first-order valence-corrected chi connectivity index (χ1v) is 6.70. The molecule has 18 heavy (non-hydrogen) atoms. The molecule has 1 saturated carbocycles. The molecule has 0 heterocycles. The van der Waals surface area contributed by atoms with Crippen molar-refractivity contribution in [2.24, 2.45) is 0 Å². The molecule has 0 radical (unpaired) electrons. The van der Waals surface area contributed by atoms with Crippen molar-refractivity contribution in [1.82, 2.24) is 0 Å². The Kier molecular flexibility index (Phi) is 4.25. The molecule has 1 aromatic rings. The molecule has 3 heteroatoms. The maximum Gasteiger partial charge on any atom is 0.125 e. The van der Waals surface area contributed by atoms with Crippen molar-refractivity contribution < 1.29 is 14.6 Å². The number of ether oxygens (including phenoxy) is 2. The van der Waals surface area contributed by atoms with Crippen molar-refractivity contribution in [3.8, 4) is 5.75 Å². The zero-order chi connectivity index (χ0) is 13.0. The van der Waals surface area contributed by atoms with E-state index < -0.39 is 5.60 Å². The fraction of sp³-hybridized carbons (Fsp3) is 0.600. The zero-order valence-electron chi connectivity index (χ0n) is 11.2. The quantitative estimate of drug-likeness (QED) is 0.893. The summed E-state index contributed by atoms with van der Waals surface area (Å²) in [7, 11) is 1.67. The van der Waals surface area contributed by atoms with E-state index in [4.69, 9.17) is 9.47 Å². The zero-order valence-corrected chi connectivity index (χ0v) is 11.2. The molecule has 1 N–H and O–H groups in total. The van der Waals surface area contributed by atoms with Crippen LogP contribution in [-0.2, 0) is 10.3 Å². The first-order valence-electron chi connectivity index (χ1n) is 6.70. The molecule has 100 valence electrons. The van der Waals surface area contributed by atoms with Gasteiger partial charge in [-0.25, -0.2) is 0 Å². The van der Waals surface area contributed by atoms with Crippen LogP contribution in [0.2, 0.25) is 0 Å². The van der Waals surface area contributed by atoms with Gasteiger partial charge in [-0.3, -0.25) is 0 Å². The van der Waals surface area contributed by atoms with Gasteiger partial charge in [-0.1, -0.05) is 31.0 Å². The van der Waals surface area contributed by atoms with E-state index in [2.05, 4.69) is 0 Å². The second-order valence-corrected chi connectivity index (χ2v) is 4.82. The lowest BCUT2D eigenvalue weighted by molar-refractivity contribution is -0.123. The number of para-hydroxylation sites is 1. The third-order valence-corrected chi connectivity index (χ3v) is 3.74. The van der Waals surface area contributed by atoms with E-state index in [-0.39, 0.29) is 6.10 Å². The van der Waals surface area contributed by atoms with Gasteiger partial charge >= 0.3 is 0 Å². The largest absolute Gasteiger partial charge is 0.493 e. The van der Waals surface area contributed by atoms with Crippen molar-refractivity contribution in [3.63, 3.8) is 0 Å². The van der Waals surface area contributed by atoms with Gasteiger partial charge in [0.25, 0.3) is 0 Å². The van der Waals surface area contributed by atoms with Gasteiger partial charge in [-0.15, -0.1) is 0 Å². The van der Waals surface area contributed by atoms with Gasteiger partial charge in [0.05, 0.1) is 12.7 Å². The Morgan fingerprint density at radius 2 is 2.11 bits per heavy atom. The van der Waals surface area contributed by atoms with Crippen molar-refractivity contribution in [2.45, 2.75) is 44.3 Å². The molecule has 0 aromatic heterocycles. The highest BCUT2D eigenvalue weighted by atomic mass is 16.5. The molecule has 1 fully saturated rings. The summed E-state index contributed by atoms with van der Waals surface area (Å²) in [5.74, 6) is 0.770. The Bertz CT molecular complexity index is 391. The van der Waals surface area contributed by atoms with Crippen LogP contribution in [0.3, 0.4) is 0 Å². The van der Waals surface area contributed by atoms with Crippen LogP contribution in [0, 0.1) is 0 Å². The molecular formula is C15H22O3. The summed E-state index contributed by atoms with van der Waals surface area (Å²) < 4.78 is 11.1. The Hall–Kier alpha value is -1.06. The van der Waals surface area contributed by atoms with Gasteiger partial charge in [-0.05, 0) is 25.8 Å². The summed E-state index contributed by atoms with van der Waals surface area (Å²) in [5.41, 5.74) is -0.0583. The molecule has 2 atom stereocenters. The van der Waals surface area contributed by atoms with Crippen LogP contribution in [0.5, 0.6) is 5.75 Å². The molecule has 1 aliphatic carbocycles. The van der Waals surface area contributed by atoms with E-state index >= 15 is 0 Å². The first kappa shape index (κ1) is 13.4. The topological polar surface area (TPSA) is 38.7 Å². The fourth-order valence-electron chi connectivity index (χ4n) is 2.85. The van der Waals surface area contributed by atoms with E-state index in [1.54, 1.807) is 7.11 Å². The molecule has 3 nitrogen and oxygen atoms in total. The number of hydrogen-bond donors (Lipinski definition) is 1. The number of aliphatic hydroxyl groups is 1. The summed E-state index contributed by atoms with van der Waals surface area (Å²) in [6.45, 7) is 2.56. The van der Waals surface area contributed by atoms with Gasteiger partial charge in [0.15, 0.2) is 0 Å². The summed E-state index contributed by atoms with van der Waals surface area (Å²) >= 11 is 0. The van der Waals surface area contributed by atoms with E-state index in [0.717, 1.165) is 37.0 Å². The lowest BCUT2D eigenvalue weighted by Gasteiger charge is -2.40. The summed E-state index contributed by atoms with van der Waals surface area (Å²) in [5, 5.41) is 11.0. The van der Waals surface area contributed by atoms with Crippen molar-refractivity contribution in [1.29, 1.82) is 0 Å². The predicted molar refractivity (Wildman–Crippen MR) is 70.8 cm³/mol. The molecule has 0 amide bonds. The van der Waals surface area contributed by atoms with Crippen molar-refractivity contribution >= 4 is 0 Å². The van der Waals surface area contributed by atoms with Crippen LogP contribution in [-0.4, -0.2) is 24.9 Å². The molecule has 2 rings (SSSR count). The van der Waals surface area contributed by atoms with Crippen LogP contribution in [0.15, 0.2) is 24.3 Å². The molecule has 2 unspecified atom stereocenters. The first-order chi connectivity index (χ1) is 8.72. The smallest absolute Gasteiger partial charge is 0.125 e. The molecule has 0 aliphatic heterocycles. The maximum atomic E-state index is 11.0. The molecule has 0 bridgehead atoms. The SMILES string of the molecule is CCOc1ccccc1C1(O)CCCCC1OC. The number of benzene rings is 1. The second-order valence-electron chi connectivity index (χ2n) is 4.82. The van der Waals surface area contributed by atoms with Gasteiger partial charge in [0.1, 0.15) is 11.4 Å². The minimum absolute atomic E-state index is 0.146. The van der Waals surface area contributed by atoms with Gasteiger partial charge in [0, 0.05) is 12.7 Å². The normalized spacial score (nSPS) is 28.1. The Balaban J connectivity index is 2.38. The number of methoxy groups -OCH3 is 1. The van der Waals surface area contributed by atoms with Crippen LogP contribution < -0.4 is 4.74 Å². The highest BCUT2D eigenvalue weighted by molar-refractivity contribution is 5.39. The van der Waals surface area contributed by atoms with E-state index in [9.17, 15) is 5.11 Å². The number of hydrogen-bond acceptors (Lipinski definition) is 3. The molecular weight excluding hydrogens is 228 g/mol. The average molecular weight is 250 g/mol. The van der Waals surface area contributed by atoms with E-state index in [0.29, 0.717) is 6.61 Å². The molecule has 1 aliphatic rings. The van der Waals surface area contributed by atoms with Crippen molar-refractivity contribution in [3.05, 3.63) is 29.8 Å². The molecule has 0 spiro atoms. The van der Waals surface area contributed by atoms with Gasteiger partial charge in [-0.2, -0.15) is 0 Å². The van der Waals surface area contributed by atoms with E-state index in [1.807, 2.05) is 31.2 Å². The fourth-order valence-corrected chi connectivity index (χ4v) is 2.85. The highest BCUT2D eigenvalue weighted by Crippen LogP contribution is 2.42. The summed E-state index contributed by atoms with van der Waals surface area (Å²) in [6, 6.07) is 7.74. The van der Waals surface area contributed by atoms with Gasteiger partial charge in [0.2, 0.25) is 0 Å². The standard InChI is InChI=1S/C15H22O3/c1-3-18-13-9-5-4-8-12(13)15(16)11-7-6-10-14(15)17-2/h4-5,8-9,14,16H,3,6-7,10-11H2,1-2H3. The monoisotopic (exact) mass is 250 g/mol. The molecule has 1 aromatic carbocycles. The molecule has 0 saturated heterocycles. The Morgan fingerprint density at radius 1 is 1.33 bits per heavy atom. The maximum absolute atomic E-state index is 11.0. The lowest BCUT2D eigenvalue weighted by atomic mass is 9.77. The Morgan fingerprint density at radius 3 is 2.83 bits per heavy atom. The predicted octanol–water partition coefficient (Wildman–Crippen LogP) is 2.86. The van der Waals surface area contributed by atoms with Crippen LogP contribution in [0.25, 0.3) is 0 Å². The second kappa shape index (κ2) is 5.72. The minimum atomic E-state index is -0.918. The highest BCUT2D eigenvalue weighted by Gasteiger charge is 2.42. The Labute approximate surface area is 109 Å². The van der Waals surface area contributed by atoms with Crippen LogP contribution in [0.4, 0.5) is 0 Å². The average Bonchev–Trinajstić information content (AvgIpc) is 2.40. The minimum Gasteiger partial charge on any atom is -0.493 e. The number of rotatable bonds is 4. The summed E-state index contributed by atoms with van der Waals surface area (Å²) in [6.07, 6.45) is 3.62. The van der Waals surface area contributed by atoms with Gasteiger partial charge < -0.3 is 14.6 Å². The van der Waals surface area contributed by atoms with E-state index in [1.165, 1.54) is 0 Å². The van der Waals surface area contributed by atoms with Crippen LogP contribution >= 0.6 is 0 Å². The summed E-state index contributed by atoms with van der Waals surface area (Å²) in [4.78, 5) is 0. The lowest BCUT2D eigenvalue weighted by Crippen LogP contribution is -2.43. The third-order valence-electron chi connectivity index (χ3n) is 3.74.